The van der Waals surface area contributed by atoms with Crippen molar-refractivity contribution in [3.8, 4) is 0 Å². The Morgan fingerprint density at radius 2 is 1.82 bits per heavy atom. The molecule has 0 spiro atoms. The number of carbonyl (C=O) groups is 2. The maximum atomic E-state index is 12.9. The molecule has 5 heteroatoms. The minimum absolute atomic E-state index is 0.0591. The van der Waals surface area contributed by atoms with Crippen LogP contribution in [-0.2, 0) is 20.7 Å². The first kappa shape index (κ1) is 18.1. The molecule has 0 bridgehead atoms. The van der Waals surface area contributed by atoms with E-state index in [4.69, 9.17) is 0 Å². The van der Waals surface area contributed by atoms with E-state index in [-0.39, 0.29) is 30.5 Å². The molecule has 0 aromatic heterocycles. The van der Waals surface area contributed by atoms with Crippen molar-refractivity contribution in [2.75, 3.05) is 20.2 Å². The number of rotatable bonds is 8. The molecule has 1 amide bonds. The normalized spacial score (nSPS) is 10.6. The van der Waals surface area contributed by atoms with E-state index in [1.165, 1.54) is 19.2 Å². The van der Waals surface area contributed by atoms with Gasteiger partial charge in [0.25, 0.3) is 0 Å². The molecule has 0 aliphatic carbocycles. The Morgan fingerprint density at radius 1 is 1.18 bits per heavy atom. The lowest BCUT2D eigenvalue weighted by molar-refractivity contribution is -0.141. The van der Waals surface area contributed by atoms with Gasteiger partial charge < -0.3 is 9.64 Å². The standard InChI is InChI=1S/C17H24FNO3/c1-13(2)8-10-19(11-9-17(21)22-3)16(20)12-14-4-6-15(18)7-5-14/h4-7,13H,8-12H2,1-3H3. The first-order chi connectivity index (χ1) is 10.4. The second-order valence-electron chi connectivity index (χ2n) is 5.69. The van der Waals surface area contributed by atoms with Gasteiger partial charge in [-0.1, -0.05) is 26.0 Å². The molecule has 0 atom stereocenters. The van der Waals surface area contributed by atoms with Gasteiger partial charge in [0.1, 0.15) is 5.82 Å². The minimum atomic E-state index is -0.330. The summed E-state index contributed by atoms with van der Waals surface area (Å²) in [6.45, 7) is 5.12. The highest BCUT2D eigenvalue weighted by atomic mass is 19.1. The number of ether oxygens (including phenoxy) is 1. The largest absolute Gasteiger partial charge is 0.469 e. The number of methoxy groups -OCH3 is 1. The molecule has 1 aromatic carbocycles. The van der Waals surface area contributed by atoms with E-state index < -0.39 is 0 Å². The molecule has 0 fully saturated rings. The molecule has 0 saturated carbocycles. The van der Waals surface area contributed by atoms with Crippen LogP contribution in [-0.4, -0.2) is 37.0 Å². The van der Waals surface area contributed by atoms with Crippen molar-refractivity contribution in [2.45, 2.75) is 33.1 Å². The Kier molecular flexibility index (Phi) is 7.57. The average molecular weight is 309 g/mol. The Bertz CT molecular complexity index is 485. The highest BCUT2D eigenvalue weighted by Gasteiger charge is 2.16. The van der Waals surface area contributed by atoms with Gasteiger partial charge in [-0.2, -0.15) is 0 Å². The molecule has 122 valence electrons. The number of amides is 1. The van der Waals surface area contributed by atoms with Crippen LogP contribution in [0.3, 0.4) is 0 Å². The molecule has 1 rings (SSSR count). The topological polar surface area (TPSA) is 46.6 Å². The Labute approximate surface area is 131 Å². The number of hydrogen-bond donors (Lipinski definition) is 0. The van der Waals surface area contributed by atoms with Crippen LogP contribution >= 0.6 is 0 Å². The van der Waals surface area contributed by atoms with E-state index in [0.29, 0.717) is 19.0 Å². The van der Waals surface area contributed by atoms with Crippen molar-refractivity contribution in [2.24, 2.45) is 5.92 Å². The fraction of sp³-hybridized carbons (Fsp3) is 0.529. The number of benzene rings is 1. The predicted molar refractivity (Wildman–Crippen MR) is 82.8 cm³/mol. The Hall–Kier alpha value is -1.91. The smallest absolute Gasteiger partial charge is 0.307 e. The number of esters is 1. The molecule has 0 radical (unpaired) electrons. The first-order valence-corrected chi connectivity index (χ1v) is 7.51. The summed E-state index contributed by atoms with van der Waals surface area (Å²) in [5.41, 5.74) is 0.763. The number of hydrogen-bond acceptors (Lipinski definition) is 3. The zero-order chi connectivity index (χ0) is 16.5. The number of halogens is 1. The predicted octanol–water partition coefficient (Wildman–Crippen LogP) is 2.81. The second kappa shape index (κ2) is 9.18. The lowest BCUT2D eigenvalue weighted by Gasteiger charge is -2.23. The highest BCUT2D eigenvalue weighted by Crippen LogP contribution is 2.09. The summed E-state index contributed by atoms with van der Waals surface area (Å²) in [6, 6.07) is 5.90. The Balaban J connectivity index is 2.64. The first-order valence-electron chi connectivity index (χ1n) is 7.51. The van der Waals surface area contributed by atoms with E-state index in [1.807, 2.05) is 0 Å². The molecule has 0 aliphatic rings. The molecular formula is C17H24FNO3. The van der Waals surface area contributed by atoms with Gasteiger partial charge in [-0.3, -0.25) is 9.59 Å². The van der Waals surface area contributed by atoms with Gasteiger partial charge in [-0.25, -0.2) is 4.39 Å². The summed E-state index contributed by atoms with van der Waals surface area (Å²) in [7, 11) is 1.33. The van der Waals surface area contributed by atoms with Crippen LogP contribution in [0.4, 0.5) is 4.39 Å². The van der Waals surface area contributed by atoms with Gasteiger partial charge in [0.2, 0.25) is 5.91 Å². The molecule has 1 aromatic rings. The third-order valence-electron chi connectivity index (χ3n) is 3.41. The monoisotopic (exact) mass is 309 g/mol. The lowest BCUT2D eigenvalue weighted by atomic mass is 10.1. The zero-order valence-corrected chi connectivity index (χ0v) is 13.5. The van der Waals surface area contributed by atoms with Crippen LogP contribution < -0.4 is 0 Å². The van der Waals surface area contributed by atoms with Gasteiger partial charge in [0, 0.05) is 13.1 Å². The second-order valence-corrected chi connectivity index (χ2v) is 5.69. The fourth-order valence-electron chi connectivity index (χ4n) is 1.99. The summed E-state index contributed by atoms with van der Waals surface area (Å²) in [5, 5.41) is 0. The van der Waals surface area contributed by atoms with Gasteiger partial charge >= 0.3 is 5.97 Å². The summed E-state index contributed by atoms with van der Waals surface area (Å²) in [4.78, 5) is 25.3. The molecule has 0 N–H and O–H groups in total. The van der Waals surface area contributed by atoms with Crippen LogP contribution in [0.2, 0.25) is 0 Å². The molecular weight excluding hydrogens is 285 g/mol. The van der Waals surface area contributed by atoms with Crippen molar-refractivity contribution >= 4 is 11.9 Å². The quantitative estimate of drug-likeness (QED) is 0.694. The third-order valence-corrected chi connectivity index (χ3v) is 3.41. The van der Waals surface area contributed by atoms with Crippen molar-refractivity contribution in [3.63, 3.8) is 0 Å². The minimum Gasteiger partial charge on any atom is -0.469 e. The summed E-state index contributed by atoms with van der Waals surface area (Å²) in [6.07, 6.45) is 1.26. The summed E-state index contributed by atoms with van der Waals surface area (Å²) in [5.74, 6) is -0.238. The van der Waals surface area contributed by atoms with E-state index in [9.17, 15) is 14.0 Å². The summed E-state index contributed by atoms with van der Waals surface area (Å²) >= 11 is 0. The molecule has 0 aliphatic heterocycles. The van der Waals surface area contributed by atoms with Crippen LogP contribution in [0.5, 0.6) is 0 Å². The lowest BCUT2D eigenvalue weighted by Crippen LogP contribution is -2.35. The van der Waals surface area contributed by atoms with Gasteiger partial charge in [0.05, 0.1) is 20.0 Å². The van der Waals surface area contributed by atoms with Gasteiger partial charge in [-0.15, -0.1) is 0 Å². The molecule has 22 heavy (non-hydrogen) atoms. The van der Waals surface area contributed by atoms with Crippen LogP contribution in [0, 0.1) is 11.7 Å². The van der Waals surface area contributed by atoms with Gasteiger partial charge in [-0.05, 0) is 30.0 Å². The van der Waals surface area contributed by atoms with Gasteiger partial charge in [0.15, 0.2) is 0 Å². The van der Waals surface area contributed by atoms with Crippen LogP contribution in [0.1, 0.15) is 32.3 Å². The highest BCUT2D eigenvalue weighted by molar-refractivity contribution is 5.79. The summed E-state index contributed by atoms with van der Waals surface area (Å²) < 4.78 is 17.5. The fourth-order valence-corrected chi connectivity index (χ4v) is 1.99. The van der Waals surface area contributed by atoms with Crippen molar-refractivity contribution in [3.05, 3.63) is 35.6 Å². The van der Waals surface area contributed by atoms with E-state index in [1.54, 1.807) is 17.0 Å². The molecule has 4 nitrogen and oxygen atoms in total. The maximum absolute atomic E-state index is 12.9. The van der Waals surface area contributed by atoms with E-state index >= 15 is 0 Å². The van der Waals surface area contributed by atoms with Crippen molar-refractivity contribution in [1.29, 1.82) is 0 Å². The third kappa shape index (κ3) is 6.70. The van der Waals surface area contributed by atoms with Crippen molar-refractivity contribution < 1.29 is 18.7 Å². The molecule has 0 heterocycles. The van der Waals surface area contributed by atoms with Crippen LogP contribution in [0.15, 0.2) is 24.3 Å². The SMILES string of the molecule is COC(=O)CCN(CCC(C)C)C(=O)Cc1ccc(F)cc1. The zero-order valence-electron chi connectivity index (χ0n) is 13.5. The van der Waals surface area contributed by atoms with Crippen LogP contribution in [0.25, 0.3) is 0 Å². The Morgan fingerprint density at radius 3 is 2.36 bits per heavy atom. The molecule has 0 saturated heterocycles. The van der Waals surface area contributed by atoms with E-state index in [0.717, 1.165) is 12.0 Å². The average Bonchev–Trinajstić information content (AvgIpc) is 2.48. The van der Waals surface area contributed by atoms with Crippen molar-refractivity contribution in [1.82, 2.24) is 4.90 Å². The maximum Gasteiger partial charge on any atom is 0.307 e. The number of nitrogens with zero attached hydrogens (tertiary/aromatic N) is 1. The molecule has 0 unspecified atom stereocenters. The number of carbonyl (C=O) groups excluding carboxylic acids is 2. The van der Waals surface area contributed by atoms with E-state index in [2.05, 4.69) is 18.6 Å².